The molecule has 7 rings (SSSR count). The number of aromatic amines is 1. The Bertz CT molecular complexity index is 1470. The third kappa shape index (κ3) is 4.95. The number of piperazine rings is 1. The molecule has 3 fully saturated rings. The third-order valence-electron chi connectivity index (χ3n) is 7.86. The fourth-order valence-corrected chi connectivity index (χ4v) is 6.86. The molecule has 3 aliphatic rings. The lowest BCUT2D eigenvalue weighted by Gasteiger charge is -2.38. The number of aromatic nitrogens is 3. The van der Waals surface area contributed by atoms with Gasteiger partial charge in [-0.3, -0.25) is 4.90 Å². The molecular formula is C28H33N7O3S. The van der Waals surface area contributed by atoms with Crippen molar-refractivity contribution >= 4 is 44.3 Å². The molecular weight excluding hydrogens is 514 g/mol. The monoisotopic (exact) mass is 547 g/mol. The van der Waals surface area contributed by atoms with E-state index in [1.54, 1.807) is 11.3 Å². The number of fused-ring (bicyclic) bond motifs is 2. The number of rotatable bonds is 4. The van der Waals surface area contributed by atoms with E-state index in [0.717, 1.165) is 84.1 Å². The Balaban J connectivity index is 1.14. The minimum Gasteiger partial charge on any atom is -0.378 e. The predicted molar refractivity (Wildman–Crippen MR) is 152 cm³/mol. The highest BCUT2D eigenvalue weighted by Crippen LogP contribution is 2.36. The summed E-state index contributed by atoms with van der Waals surface area (Å²) < 4.78 is 12.2. The SMILES string of the molecule is O=C(N1CCOCC1)N1CCN(Cc2cc3nc(-c4cccc5[nH]ccc45)nc(N4CCOCC4)c3s2)CC1. The first-order valence-electron chi connectivity index (χ1n) is 13.8. The molecule has 0 aliphatic carbocycles. The average molecular weight is 548 g/mol. The molecule has 39 heavy (non-hydrogen) atoms. The van der Waals surface area contributed by atoms with Crippen molar-refractivity contribution < 1.29 is 14.3 Å². The Hall–Kier alpha value is -3.25. The van der Waals surface area contributed by atoms with Crippen LogP contribution in [0.25, 0.3) is 32.5 Å². The van der Waals surface area contributed by atoms with E-state index < -0.39 is 0 Å². The van der Waals surface area contributed by atoms with Gasteiger partial charge in [0.15, 0.2) is 11.6 Å². The van der Waals surface area contributed by atoms with Gasteiger partial charge < -0.3 is 29.2 Å². The van der Waals surface area contributed by atoms with Crippen LogP contribution in [0, 0.1) is 0 Å². The highest BCUT2D eigenvalue weighted by Gasteiger charge is 2.27. The van der Waals surface area contributed by atoms with E-state index in [2.05, 4.69) is 45.1 Å². The third-order valence-corrected chi connectivity index (χ3v) is 8.96. The van der Waals surface area contributed by atoms with E-state index in [0.29, 0.717) is 39.5 Å². The number of amides is 2. The van der Waals surface area contributed by atoms with Crippen LogP contribution in [0.4, 0.5) is 10.6 Å². The van der Waals surface area contributed by atoms with E-state index >= 15 is 0 Å². The summed E-state index contributed by atoms with van der Waals surface area (Å²) in [5.74, 6) is 1.76. The highest BCUT2D eigenvalue weighted by molar-refractivity contribution is 7.19. The maximum atomic E-state index is 12.9. The van der Waals surface area contributed by atoms with Gasteiger partial charge >= 0.3 is 6.03 Å². The van der Waals surface area contributed by atoms with E-state index in [4.69, 9.17) is 19.4 Å². The second-order valence-corrected chi connectivity index (χ2v) is 11.4. The summed E-state index contributed by atoms with van der Waals surface area (Å²) in [4.78, 5) is 36.4. The number of urea groups is 1. The van der Waals surface area contributed by atoms with Crippen molar-refractivity contribution in [2.45, 2.75) is 6.54 Å². The first-order chi connectivity index (χ1) is 19.2. The lowest BCUT2D eigenvalue weighted by Crippen LogP contribution is -2.54. The van der Waals surface area contributed by atoms with Gasteiger partial charge in [-0.1, -0.05) is 12.1 Å². The topological polar surface area (TPSA) is 90.1 Å². The van der Waals surface area contributed by atoms with Crippen molar-refractivity contribution in [2.24, 2.45) is 0 Å². The average Bonchev–Trinajstić information content (AvgIpc) is 3.64. The number of carbonyl (C=O) groups excluding carboxylic acids is 1. The van der Waals surface area contributed by atoms with Crippen molar-refractivity contribution in [3.8, 4) is 11.4 Å². The summed E-state index contributed by atoms with van der Waals surface area (Å²) in [7, 11) is 0. The Morgan fingerprint density at radius 1 is 0.897 bits per heavy atom. The maximum Gasteiger partial charge on any atom is 0.320 e. The first kappa shape index (κ1) is 24.8. The molecule has 0 atom stereocenters. The summed E-state index contributed by atoms with van der Waals surface area (Å²) >= 11 is 1.79. The summed E-state index contributed by atoms with van der Waals surface area (Å²) in [6, 6.07) is 10.7. The summed E-state index contributed by atoms with van der Waals surface area (Å²) in [5, 5.41) is 1.13. The minimum absolute atomic E-state index is 0.148. The smallest absolute Gasteiger partial charge is 0.320 e. The Kier molecular flexibility index (Phi) is 6.81. The molecule has 0 radical (unpaired) electrons. The van der Waals surface area contributed by atoms with Gasteiger partial charge in [0.25, 0.3) is 0 Å². The van der Waals surface area contributed by atoms with Crippen LogP contribution >= 0.6 is 11.3 Å². The van der Waals surface area contributed by atoms with Crippen molar-refractivity contribution in [3.63, 3.8) is 0 Å². The maximum absolute atomic E-state index is 12.9. The number of ether oxygens (including phenoxy) is 2. The van der Waals surface area contributed by atoms with Crippen LogP contribution in [-0.4, -0.2) is 114 Å². The van der Waals surface area contributed by atoms with Gasteiger partial charge in [-0.25, -0.2) is 14.8 Å². The van der Waals surface area contributed by atoms with Gasteiger partial charge in [0.2, 0.25) is 0 Å². The second kappa shape index (κ2) is 10.7. The van der Waals surface area contributed by atoms with Gasteiger partial charge in [-0.15, -0.1) is 11.3 Å². The molecule has 10 nitrogen and oxygen atoms in total. The lowest BCUT2D eigenvalue weighted by molar-refractivity contribution is 0.0373. The number of carbonyl (C=O) groups is 1. The molecule has 1 aromatic carbocycles. The number of morpholine rings is 2. The van der Waals surface area contributed by atoms with Crippen LogP contribution in [0.15, 0.2) is 36.5 Å². The van der Waals surface area contributed by atoms with Gasteiger partial charge in [-0.2, -0.15) is 0 Å². The van der Waals surface area contributed by atoms with Crippen molar-refractivity contribution in [1.29, 1.82) is 0 Å². The molecule has 6 heterocycles. The molecule has 204 valence electrons. The number of nitrogens with one attached hydrogen (secondary N) is 1. The number of benzene rings is 1. The van der Waals surface area contributed by atoms with Gasteiger partial charge in [0.1, 0.15) is 0 Å². The van der Waals surface area contributed by atoms with Crippen LogP contribution in [0.3, 0.4) is 0 Å². The lowest BCUT2D eigenvalue weighted by atomic mass is 10.1. The van der Waals surface area contributed by atoms with Gasteiger partial charge in [0, 0.05) is 86.4 Å². The molecule has 2 amide bonds. The molecule has 0 bridgehead atoms. The van der Waals surface area contributed by atoms with Gasteiger partial charge in [-0.05, 0) is 18.2 Å². The normalized spacial score (nSPS) is 19.3. The number of hydrogen-bond acceptors (Lipinski definition) is 8. The van der Waals surface area contributed by atoms with Crippen molar-refractivity contribution in [2.75, 3.05) is 83.7 Å². The zero-order valence-electron chi connectivity index (χ0n) is 22.0. The fourth-order valence-electron chi connectivity index (χ4n) is 5.70. The molecule has 0 unspecified atom stereocenters. The predicted octanol–water partition coefficient (Wildman–Crippen LogP) is 3.25. The fraction of sp³-hybridized carbons (Fsp3) is 0.464. The van der Waals surface area contributed by atoms with E-state index in [1.807, 2.05) is 16.0 Å². The molecule has 3 aromatic heterocycles. The first-order valence-corrected chi connectivity index (χ1v) is 14.6. The minimum atomic E-state index is 0.148. The number of H-pyrrole nitrogens is 1. The summed E-state index contributed by atoms with van der Waals surface area (Å²) in [6.07, 6.45) is 1.96. The van der Waals surface area contributed by atoms with Crippen LogP contribution < -0.4 is 4.90 Å². The molecule has 4 aromatic rings. The quantitative estimate of drug-likeness (QED) is 0.420. The highest BCUT2D eigenvalue weighted by atomic mass is 32.1. The van der Waals surface area contributed by atoms with E-state index in [1.165, 1.54) is 4.88 Å². The largest absolute Gasteiger partial charge is 0.378 e. The molecule has 0 saturated carbocycles. The molecule has 11 heteroatoms. The Morgan fingerprint density at radius 3 is 2.44 bits per heavy atom. The number of thiophene rings is 1. The number of anilines is 1. The van der Waals surface area contributed by atoms with Crippen LogP contribution in [-0.2, 0) is 16.0 Å². The zero-order chi connectivity index (χ0) is 26.2. The Labute approximate surface area is 231 Å². The van der Waals surface area contributed by atoms with Crippen LogP contribution in [0.1, 0.15) is 4.88 Å². The van der Waals surface area contributed by atoms with Gasteiger partial charge in [0.05, 0.1) is 36.6 Å². The van der Waals surface area contributed by atoms with Crippen molar-refractivity contribution in [1.82, 2.24) is 29.7 Å². The number of nitrogens with zero attached hydrogens (tertiary/aromatic N) is 6. The standard InChI is InChI=1S/C28H33N7O3S/c36-28(35-12-16-38-17-13-35)34-8-6-32(7-9-34)19-20-18-24-25(39-20)27(33-10-14-37-15-11-33)31-26(30-24)22-2-1-3-23-21(22)4-5-29-23/h1-5,18,29H,6-17,19H2. The number of hydrogen-bond donors (Lipinski definition) is 1. The summed E-state index contributed by atoms with van der Waals surface area (Å²) in [6.45, 7) is 9.81. The Morgan fingerprint density at radius 2 is 1.64 bits per heavy atom. The van der Waals surface area contributed by atoms with Crippen LogP contribution in [0.5, 0.6) is 0 Å². The molecule has 1 N–H and O–H groups in total. The van der Waals surface area contributed by atoms with E-state index in [-0.39, 0.29) is 6.03 Å². The molecule has 3 saturated heterocycles. The van der Waals surface area contributed by atoms with Crippen LogP contribution in [0.2, 0.25) is 0 Å². The molecule has 0 spiro atoms. The summed E-state index contributed by atoms with van der Waals surface area (Å²) in [5.41, 5.74) is 3.12. The molecule has 3 aliphatic heterocycles. The second-order valence-electron chi connectivity index (χ2n) is 10.3. The zero-order valence-corrected chi connectivity index (χ0v) is 22.8. The van der Waals surface area contributed by atoms with Crippen molar-refractivity contribution in [3.05, 3.63) is 41.4 Å². The van der Waals surface area contributed by atoms with E-state index in [9.17, 15) is 4.79 Å².